The number of thiazole rings is 2. The molecule has 0 unspecified atom stereocenters. The van der Waals surface area contributed by atoms with Crippen molar-refractivity contribution in [2.45, 2.75) is 18.1 Å². The van der Waals surface area contributed by atoms with Crippen molar-refractivity contribution in [3.05, 3.63) is 46.6 Å². The van der Waals surface area contributed by atoms with Crippen molar-refractivity contribution < 1.29 is 4.79 Å². The number of rotatable bonds is 4. The van der Waals surface area contributed by atoms with Crippen LogP contribution in [0.25, 0.3) is 10.6 Å². The number of benzene rings is 1. The number of nitrogens with one attached hydrogen (secondary N) is 1. The molecule has 2 aromatic heterocycles. The Labute approximate surface area is 147 Å². The molecule has 23 heavy (non-hydrogen) atoms. The lowest BCUT2D eigenvalue weighted by Crippen LogP contribution is -2.12. The summed E-state index contributed by atoms with van der Waals surface area (Å²) in [4.78, 5) is 21.1. The predicted octanol–water partition coefficient (Wildman–Crippen LogP) is 4.86. The molecule has 1 N–H and O–H groups in total. The number of aryl methyl sites for hydroxylation is 2. The van der Waals surface area contributed by atoms with Crippen LogP contribution in [0.3, 0.4) is 0 Å². The third-order valence-corrected chi connectivity index (χ3v) is 6.37. The van der Waals surface area contributed by atoms with Crippen LogP contribution >= 0.6 is 34.4 Å². The van der Waals surface area contributed by atoms with Gasteiger partial charge in [-0.2, -0.15) is 0 Å². The molecule has 0 saturated carbocycles. The highest BCUT2D eigenvalue weighted by Gasteiger charge is 2.15. The number of carbonyl (C=O) groups excluding carboxylic acids is 1. The van der Waals surface area contributed by atoms with Crippen molar-refractivity contribution in [1.29, 1.82) is 0 Å². The quantitative estimate of drug-likeness (QED) is 0.674. The van der Waals surface area contributed by atoms with E-state index in [9.17, 15) is 4.79 Å². The van der Waals surface area contributed by atoms with E-state index in [0.29, 0.717) is 10.8 Å². The van der Waals surface area contributed by atoms with Crippen molar-refractivity contribution in [2.75, 3.05) is 11.6 Å². The van der Waals surface area contributed by atoms with Crippen LogP contribution in [0.4, 0.5) is 5.13 Å². The third kappa shape index (κ3) is 3.63. The van der Waals surface area contributed by atoms with Crippen LogP contribution in [0.15, 0.2) is 33.9 Å². The van der Waals surface area contributed by atoms with Gasteiger partial charge in [-0.25, -0.2) is 9.97 Å². The van der Waals surface area contributed by atoms with Crippen LogP contribution in [0, 0.1) is 13.8 Å². The van der Waals surface area contributed by atoms with Crippen LogP contribution in [0.2, 0.25) is 0 Å². The first kappa shape index (κ1) is 16.2. The van der Waals surface area contributed by atoms with Gasteiger partial charge in [0, 0.05) is 10.9 Å². The van der Waals surface area contributed by atoms with E-state index in [2.05, 4.69) is 15.3 Å². The Kier molecular flexibility index (Phi) is 4.79. The van der Waals surface area contributed by atoms with Crippen molar-refractivity contribution in [3.63, 3.8) is 0 Å². The van der Waals surface area contributed by atoms with E-state index in [-0.39, 0.29) is 5.91 Å². The zero-order valence-electron chi connectivity index (χ0n) is 12.9. The normalized spacial score (nSPS) is 10.7. The molecule has 3 aromatic rings. The highest BCUT2D eigenvalue weighted by Crippen LogP contribution is 2.31. The van der Waals surface area contributed by atoms with Crippen LogP contribution in [-0.4, -0.2) is 22.1 Å². The molecule has 118 valence electrons. The third-order valence-electron chi connectivity index (χ3n) is 3.20. The molecule has 7 heteroatoms. The molecule has 0 atom stereocenters. The summed E-state index contributed by atoms with van der Waals surface area (Å²) in [6.07, 6.45) is 2.00. The lowest BCUT2D eigenvalue weighted by Gasteiger charge is -1.98. The van der Waals surface area contributed by atoms with E-state index in [4.69, 9.17) is 0 Å². The summed E-state index contributed by atoms with van der Waals surface area (Å²) in [5, 5.41) is 6.06. The second-order valence-corrected chi connectivity index (χ2v) is 7.89. The minimum absolute atomic E-state index is 0.221. The van der Waals surface area contributed by atoms with Gasteiger partial charge in [-0.05, 0) is 20.1 Å². The van der Waals surface area contributed by atoms with Crippen molar-refractivity contribution >= 4 is 45.5 Å². The summed E-state index contributed by atoms with van der Waals surface area (Å²) in [5.74, 6) is -0.221. The Bertz CT molecular complexity index is 837. The zero-order chi connectivity index (χ0) is 16.4. The van der Waals surface area contributed by atoms with Crippen LogP contribution in [0.5, 0.6) is 0 Å². The number of thioether (sulfide) groups is 1. The van der Waals surface area contributed by atoms with Gasteiger partial charge in [-0.3, -0.25) is 10.1 Å². The fourth-order valence-corrected chi connectivity index (χ4v) is 4.41. The van der Waals surface area contributed by atoms with Gasteiger partial charge in [0.05, 0.1) is 9.90 Å². The summed E-state index contributed by atoms with van der Waals surface area (Å²) in [5.41, 5.74) is 3.59. The van der Waals surface area contributed by atoms with Crippen molar-refractivity contribution in [1.82, 2.24) is 9.97 Å². The molecular formula is C16H15N3OS3. The zero-order valence-corrected chi connectivity index (χ0v) is 15.4. The first-order valence-corrected chi connectivity index (χ1v) is 9.84. The maximum atomic E-state index is 12.3. The maximum absolute atomic E-state index is 12.3. The largest absolute Gasteiger partial charge is 0.296 e. The Morgan fingerprint density at radius 1 is 1.17 bits per heavy atom. The standard InChI is InChI=1S/C16H15N3OS3/c1-9-4-6-11(7-5-9)14-18-12(8-22-14)13(20)19-16-17-10(2)15(21-3)23-16/h4-8H,1-3H3,(H,17,19,20). The molecule has 0 radical (unpaired) electrons. The van der Waals surface area contributed by atoms with Gasteiger partial charge in [0.1, 0.15) is 10.7 Å². The minimum Gasteiger partial charge on any atom is -0.296 e. The molecule has 0 saturated heterocycles. The minimum atomic E-state index is -0.221. The van der Waals surface area contributed by atoms with E-state index >= 15 is 0 Å². The molecule has 0 aliphatic heterocycles. The van der Waals surface area contributed by atoms with E-state index in [0.717, 1.165) is 20.5 Å². The highest BCUT2D eigenvalue weighted by atomic mass is 32.2. The number of hydrogen-bond donors (Lipinski definition) is 1. The lowest BCUT2D eigenvalue weighted by molar-refractivity contribution is 0.102. The summed E-state index contributed by atoms with van der Waals surface area (Å²) in [6, 6.07) is 8.12. The summed E-state index contributed by atoms with van der Waals surface area (Å²) in [7, 11) is 0. The predicted molar refractivity (Wildman–Crippen MR) is 98.9 cm³/mol. The van der Waals surface area contributed by atoms with Gasteiger partial charge in [-0.1, -0.05) is 41.2 Å². The van der Waals surface area contributed by atoms with Crippen molar-refractivity contribution in [3.8, 4) is 10.6 Å². The molecule has 0 fully saturated rings. The van der Waals surface area contributed by atoms with Crippen LogP contribution in [0.1, 0.15) is 21.7 Å². The molecule has 1 aromatic carbocycles. The van der Waals surface area contributed by atoms with Crippen LogP contribution < -0.4 is 5.32 Å². The average Bonchev–Trinajstić information content (AvgIpc) is 3.15. The number of anilines is 1. The summed E-state index contributed by atoms with van der Waals surface area (Å²) < 4.78 is 1.11. The number of amides is 1. The second-order valence-electron chi connectivity index (χ2n) is 4.95. The number of aromatic nitrogens is 2. The van der Waals surface area contributed by atoms with Gasteiger partial charge in [0.2, 0.25) is 0 Å². The SMILES string of the molecule is CSc1sc(NC(=O)c2csc(-c3ccc(C)cc3)n2)nc1C. The Morgan fingerprint density at radius 3 is 2.57 bits per heavy atom. The second kappa shape index (κ2) is 6.82. The summed E-state index contributed by atoms with van der Waals surface area (Å²) in [6.45, 7) is 3.99. The number of nitrogens with zero attached hydrogens (tertiary/aromatic N) is 2. The van der Waals surface area contributed by atoms with Gasteiger partial charge >= 0.3 is 0 Å². The molecule has 0 aliphatic rings. The van der Waals surface area contributed by atoms with Gasteiger partial charge in [0.25, 0.3) is 5.91 Å². The fourth-order valence-electron chi connectivity index (χ4n) is 1.99. The molecule has 3 rings (SSSR count). The molecule has 1 amide bonds. The molecular weight excluding hydrogens is 346 g/mol. The Morgan fingerprint density at radius 2 is 1.91 bits per heavy atom. The van der Waals surface area contributed by atoms with E-state index in [1.165, 1.54) is 28.2 Å². The summed E-state index contributed by atoms with van der Waals surface area (Å²) >= 11 is 4.58. The lowest BCUT2D eigenvalue weighted by atomic mass is 10.2. The van der Waals surface area contributed by atoms with Gasteiger partial charge in [0.15, 0.2) is 5.13 Å². The van der Waals surface area contributed by atoms with E-state index in [1.54, 1.807) is 17.1 Å². The highest BCUT2D eigenvalue weighted by molar-refractivity contribution is 8.00. The fraction of sp³-hybridized carbons (Fsp3) is 0.188. The molecule has 0 aliphatic carbocycles. The monoisotopic (exact) mass is 361 g/mol. The Hall–Kier alpha value is -1.70. The topological polar surface area (TPSA) is 54.9 Å². The van der Waals surface area contributed by atoms with Crippen molar-refractivity contribution in [2.24, 2.45) is 0 Å². The molecule has 0 spiro atoms. The first-order valence-electron chi connectivity index (χ1n) is 6.92. The number of hydrogen-bond acceptors (Lipinski definition) is 6. The van der Waals surface area contributed by atoms with E-state index in [1.807, 2.05) is 44.4 Å². The van der Waals surface area contributed by atoms with Crippen LogP contribution in [-0.2, 0) is 0 Å². The van der Waals surface area contributed by atoms with Gasteiger partial charge < -0.3 is 0 Å². The molecule has 4 nitrogen and oxygen atoms in total. The smallest absolute Gasteiger partial charge is 0.276 e. The molecule has 2 heterocycles. The maximum Gasteiger partial charge on any atom is 0.276 e. The first-order chi connectivity index (χ1) is 11.1. The molecule has 0 bridgehead atoms. The van der Waals surface area contributed by atoms with E-state index < -0.39 is 0 Å². The Balaban J connectivity index is 1.76. The average molecular weight is 362 g/mol. The number of carbonyl (C=O) groups is 1. The van der Waals surface area contributed by atoms with Gasteiger partial charge in [-0.15, -0.1) is 23.1 Å².